The topological polar surface area (TPSA) is 32.3 Å². The standard InChI is InChI=1S/C20H22N4/c1-23-11-4-12-24(14-13-23)20-21-10-9-19(22-20)18-8-7-16-5-2-3-6-17(16)15-18/h2-3,5-10,15H,4,11-14H2,1H3. The van der Waals surface area contributed by atoms with Crippen LogP contribution in [0, 0.1) is 0 Å². The first kappa shape index (κ1) is 15.1. The van der Waals surface area contributed by atoms with Crippen molar-refractivity contribution in [2.75, 3.05) is 38.1 Å². The Morgan fingerprint density at radius 3 is 2.67 bits per heavy atom. The maximum Gasteiger partial charge on any atom is 0.225 e. The van der Waals surface area contributed by atoms with Crippen LogP contribution in [0.2, 0.25) is 0 Å². The Balaban J connectivity index is 1.66. The number of nitrogens with zero attached hydrogens (tertiary/aromatic N) is 4. The molecule has 1 aliphatic rings. The predicted octanol–water partition coefficient (Wildman–Crippen LogP) is 3.44. The van der Waals surface area contributed by atoms with Crippen molar-refractivity contribution in [3.63, 3.8) is 0 Å². The minimum Gasteiger partial charge on any atom is -0.339 e. The quantitative estimate of drug-likeness (QED) is 0.724. The van der Waals surface area contributed by atoms with Crippen LogP contribution in [0.25, 0.3) is 22.0 Å². The number of likely N-dealkylation sites (N-methyl/N-ethyl adjacent to an activating group) is 1. The minimum atomic E-state index is 0.843. The SMILES string of the molecule is CN1CCCN(c2nccc(-c3ccc4ccccc4c3)n2)CC1. The van der Waals surface area contributed by atoms with Gasteiger partial charge in [0.25, 0.3) is 0 Å². The third-order valence-corrected chi connectivity index (χ3v) is 4.69. The molecule has 0 unspecified atom stereocenters. The van der Waals surface area contributed by atoms with Gasteiger partial charge in [-0.2, -0.15) is 0 Å². The van der Waals surface area contributed by atoms with Crippen LogP contribution in [0.4, 0.5) is 5.95 Å². The molecule has 0 bridgehead atoms. The number of fused-ring (bicyclic) bond motifs is 1. The van der Waals surface area contributed by atoms with Crippen LogP contribution in [-0.2, 0) is 0 Å². The molecule has 4 heteroatoms. The Labute approximate surface area is 142 Å². The van der Waals surface area contributed by atoms with Gasteiger partial charge in [-0.3, -0.25) is 0 Å². The first-order valence-electron chi connectivity index (χ1n) is 8.55. The molecule has 0 radical (unpaired) electrons. The summed E-state index contributed by atoms with van der Waals surface area (Å²) >= 11 is 0. The molecule has 1 saturated heterocycles. The van der Waals surface area contributed by atoms with Crippen molar-refractivity contribution in [3.05, 3.63) is 54.7 Å². The molecular formula is C20H22N4. The average molecular weight is 318 g/mol. The van der Waals surface area contributed by atoms with Crippen LogP contribution in [0.5, 0.6) is 0 Å². The second-order valence-electron chi connectivity index (χ2n) is 6.45. The van der Waals surface area contributed by atoms with Gasteiger partial charge >= 0.3 is 0 Å². The van der Waals surface area contributed by atoms with E-state index in [1.54, 1.807) is 0 Å². The summed E-state index contributed by atoms with van der Waals surface area (Å²) < 4.78 is 0. The molecule has 0 N–H and O–H groups in total. The molecule has 0 spiro atoms. The normalized spacial score (nSPS) is 16.3. The third kappa shape index (κ3) is 3.10. The highest BCUT2D eigenvalue weighted by molar-refractivity contribution is 5.86. The Morgan fingerprint density at radius 2 is 1.75 bits per heavy atom. The third-order valence-electron chi connectivity index (χ3n) is 4.69. The van der Waals surface area contributed by atoms with Crippen molar-refractivity contribution >= 4 is 16.7 Å². The maximum absolute atomic E-state index is 4.84. The molecule has 0 saturated carbocycles. The van der Waals surface area contributed by atoms with Crippen LogP contribution in [0.3, 0.4) is 0 Å². The van der Waals surface area contributed by atoms with Gasteiger partial charge in [0.1, 0.15) is 0 Å². The van der Waals surface area contributed by atoms with Gasteiger partial charge in [0.05, 0.1) is 5.69 Å². The summed E-state index contributed by atoms with van der Waals surface area (Å²) in [5, 5.41) is 2.50. The lowest BCUT2D eigenvalue weighted by Crippen LogP contribution is -2.30. The van der Waals surface area contributed by atoms with Crippen molar-refractivity contribution in [1.29, 1.82) is 0 Å². The molecular weight excluding hydrogens is 296 g/mol. The van der Waals surface area contributed by atoms with E-state index in [1.807, 2.05) is 12.3 Å². The second kappa shape index (κ2) is 6.57. The molecule has 3 aromatic rings. The summed E-state index contributed by atoms with van der Waals surface area (Å²) in [6.45, 7) is 4.20. The molecule has 0 amide bonds. The van der Waals surface area contributed by atoms with E-state index >= 15 is 0 Å². The van der Waals surface area contributed by atoms with Gasteiger partial charge in [0.15, 0.2) is 0 Å². The highest BCUT2D eigenvalue weighted by atomic mass is 15.3. The zero-order valence-electron chi connectivity index (χ0n) is 14.0. The lowest BCUT2D eigenvalue weighted by Gasteiger charge is -2.20. The summed E-state index contributed by atoms with van der Waals surface area (Å²) in [5.41, 5.74) is 2.13. The molecule has 0 aliphatic carbocycles. The molecule has 4 rings (SSSR count). The highest BCUT2D eigenvalue weighted by Crippen LogP contribution is 2.24. The molecule has 4 nitrogen and oxygen atoms in total. The maximum atomic E-state index is 4.84. The van der Waals surface area contributed by atoms with E-state index < -0.39 is 0 Å². The fourth-order valence-corrected chi connectivity index (χ4v) is 3.26. The van der Waals surface area contributed by atoms with E-state index in [0.29, 0.717) is 0 Å². The van der Waals surface area contributed by atoms with Gasteiger partial charge in [-0.05, 0) is 42.9 Å². The zero-order chi connectivity index (χ0) is 16.4. The molecule has 2 aromatic carbocycles. The van der Waals surface area contributed by atoms with Crippen LogP contribution in [0.1, 0.15) is 6.42 Å². The van der Waals surface area contributed by atoms with E-state index in [1.165, 1.54) is 10.8 Å². The molecule has 2 heterocycles. The number of rotatable bonds is 2. The number of hydrogen-bond acceptors (Lipinski definition) is 4. The van der Waals surface area contributed by atoms with Gasteiger partial charge in [-0.15, -0.1) is 0 Å². The van der Waals surface area contributed by atoms with Crippen LogP contribution in [0.15, 0.2) is 54.7 Å². The van der Waals surface area contributed by atoms with Crippen molar-refractivity contribution in [2.45, 2.75) is 6.42 Å². The van der Waals surface area contributed by atoms with E-state index in [-0.39, 0.29) is 0 Å². The van der Waals surface area contributed by atoms with Gasteiger partial charge in [-0.1, -0.05) is 36.4 Å². The Morgan fingerprint density at radius 1 is 0.875 bits per heavy atom. The lowest BCUT2D eigenvalue weighted by atomic mass is 10.1. The van der Waals surface area contributed by atoms with Crippen LogP contribution >= 0.6 is 0 Å². The molecule has 122 valence electrons. The average Bonchev–Trinajstić information content (AvgIpc) is 2.86. The smallest absolute Gasteiger partial charge is 0.225 e. The van der Waals surface area contributed by atoms with Crippen molar-refractivity contribution in [3.8, 4) is 11.3 Å². The van der Waals surface area contributed by atoms with Gasteiger partial charge in [0, 0.05) is 31.4 Å². The Hall–Kier alpha value is -2.46. The minimum absolute atomic E-state index is 0.843. The fraction of sp³-hybridized carbons (Fsp3) is 0.300. The van der Waals surface area contributed by atoms with Crippen LogP contribution in [-0.4, -0.2) is 48.1 Å². The Kier molecular flexibility index (Phi) is 4.13. The molecule has 1 aliphatic heterocycles. The van der Waals surface area contributed by atoms with E-state index in [0.717, 1.165) is 49.8 Å². The zero-order valence-corrected chi connectivity index (χ0v) is 14.0. The monoisotopic (exact) mass is 318 g/mol. The number of aromatic nitrogens is 2. The van der Waals surface area contributed by atoms with Gasteiger partial charge in [-0.25, -0.2) is 9.97 Å². The number of hydrogen-bond donors (Lipinski definition) is 0. The summed E-state index contributed by atoms with van der Waals surface area (Å²) in [5.74, 6) is 0.843. The summed E-state index contributed by atoms with van der Waals surface area (Å²) in [4.78, 5) is 14.0. The van der Waals surface area contributed by atoms with Crippen molar-refractivity contribution in [1.82, 2.24) is 14.9 Å². The summed E-state index contributed by atoms with van der Waals surface area (Å²) in [7, 11) is 2.18. The lowest BCUT2D eigenvalue weighted by molar-refractivity contribution is 0.360. The van der Waals surface area contributed by atoms with E-state index in [2.05, 4.69) is 64.3 Å². The molecule has 24 heavy (non-hydrogen) atoms. The number of benzene rings is 2. The van der Waals surface area contributed by atoms with E-state index in [4.69, 9.17) is 4.98 Å². The van der Waals surface area contributed by atoms with Crippen molar-refractivity contribution < 1.29 is 0 Å². The van der Waals surface area contributed by atoms with Crippen LogP contribution < -0.4 is 4.90 Å². The predicted molar refractivity (Wildman–Crippen MR) is 99.3 cm³/mol. The van der Waals surface area contributed by atoms with Gasteiger partial charge in [0.2, 0.25) is 5.95 Å². The highest BCUT2D eigenvalue weighted by Gasteiger charge is 2.15. The molecule has 0 atom stereocenters. The van der Waals surface area contributed by atoms with Crippen molar-refractivity contribution in [2.24, 2.45) is 0 Å². The van der Waals surface area contributed by atoms with Gasteiger partial charge < -0.3 is 9.80 Å². The molecule has 1 fully saturated rings. The summed E-state index contributed by atoms with van der Waals surface area (Å²) in [6.07, 6.45) is 3.03. The first-order chi connectivity index (χ1) is 11.8. The second-order valence-corrected chi connectivity index (χ2v) is 6.45. The Bertz CT molecular complexity index is 846. The van der Waals surface area contributed by atoms with E-state index in [9.17, 15) is 0 Å². The first-order valence-corrected chi connectivity index (χ1v) is 8.55. The summed E-state index contributed by atoms with van der Waals surface area (Å²) in [6, 6.07) is 16.9. The largest absolute Gasteiger partial charge is 0.339 e. The number of anilines is 1. The fourth-order valence-electron chi connectivity index (χ4n) is 3.26. The molecule has 1 aromatic heterocycles.